The second kappa shape index (κ2) is 6.98. The molecule has 2 unspecified atom stereocenters. The molecule has 4 heteroatoms. The first-order valence-electron chi connectivity index (χ1n) is 8.67. The van der Waals surface area contributed by atoms with Crippen molar-refractivity contribution in [2.75, 3.05) is 19.8 Å². The van der Waals surface area contributed by atoms with Crippen LogP contribution in [0.25, 0.3) is 0 Å². The molecule has 1 aliphatic carbocycles. The van der Waals surface area contributed by atoms with E-state index in [0.717, 1.165) is 24.2 Å². The van der Waals surface area contributed by atoms with Crippen molar-refractivity contribution >= 4 is 5.97 Å². The number of rotatable bonds is 7. The van der Waals surface area contributed by atoms with Gasteiger partial charge >= 0.3 is 5.97 Å². The van der Waals surface area contributed by atoms with E-state index in [4.69, 9.17) is 14.2 Å². The summed E-state index contributed by atoms with van der Waals surface area (Å²) in [5.41, 5.74) is 1.91. The van der Waals surface area contributed by atoms with E-state index in [9.17, 15) is 4.79 Å². The van der Waals surface area contributed by atoms with E-state index >= 15 is 0 Å². The molecular formula is C20H26O4. The first-order valence-corrected chi connectivity index (χ1v) is 8.67. The Hall–Kier alpha value is -1.81. The normalized spacial score (nSPS) is 25.9. The summed E-state index contributed by atoms with van der Waals surface area (Å²) in [6.07, 6.45) is 2.59. The third-order valence-electron chi connectivity index (χ3n) is 4.95. The van der Waals surface area contributed by atoms with Crippen LogP contribution in [0.4, 0.5) is 0 Å². The van der Waals surface area contributed by atoms with Crippen LogP contribution in [0, 0.1) is 11.3 Å². The average Bonchev–Trinajstić information content (AvgIpc) is 3.00. The van der Waals surface area contributed by atoms with Gasteiger partial charge in [-0.1, -0.05) is 24.3 Å². The van der Waals surface area contributed by atoms with Crippen LogP contribution in [-0.2, 0) is 20.7 Å². The van der Waals surface area contributed by atoms with Gasteiger partial charge in [0.2, 0.25) is 0 Å². The second-order valence-corrected chi connectivity index (χ2v) is 7.17. The number of allylic oxidation sites excluding steroid dienone is 1. The number of benzene rings is 1. The standard InChI is InChI=1S/C20H26O4/c1-14(2)22-8-9-23-18-6-4-16(5-7-18)12-20-11-15(3)10-17(20)13-24-19(20)21/h4-7,14,17H,3,8-13H2,1-2H3. The molecule has 24 heavy (non-hydrogen) atoms. The van der Waals surface area contributed by atoms with E-state index in [0.29, 0.717) is 26.2 Å². The van der Waals surface area contributed by atoms with Gasteiger partial charge in [0, 0.05) is 5.92 Å². The molecular weight excluding hydrogens is 304 g/mol. The number of hydrogen-bond donors (Lipinski definition) is 0. The van der Waals surface area contributed by atoms with E-state index in [-0.39, 0.29) is 18.0 Å². The zero-order valence-electron chi connectivity index (χ0n) is 14.5. The summed E-state index contributed by atoms with van der Waals surface area (Å²) in [6, 6.07) is 8.00. The number of esters is 1. The molecule has 2 atom stereocenters. The summed E-state index contributed by atoms with van der Waals surface area (Å²) >= 11 is 0. The molecule has 0 spiro atoms. The smallest absolute Gasteiger partial charge is 0.313 e. The van der Waals surface area contributed by atoms with Crippen molar-refractivity contribution in [1.29, 1.82) is 0 Å². The van der Waals surface area contributed by atoms with Gasteiger partial charge in [0.1, 0.15) is 12.4 Å². The van der Waals surface area contributed by atoms with Gasteiger partial charge in [0.25, 0.3) is 0 Å². The Labute approximate surface area is 143 Å². The minimum Gasteiger partial charge on any atom is -0.491 e. The van der Waals surface area contributed by atoms with Gasteiger partial charge in [-0.2, -0.15) is 0 Å². The molecule has 2 fully saturated rings. The van der Waals surface area contributed by atoms with Gasteiger partial charge in [-0.3, -0.25) is 4.79 Å². The van der Waals surface area contributed by atoms with Gasteiger partial charge in [0.05, 0.1) is 24.7 Å². The molecule has 0 radical (unpaired) electrons. The lowest BCUT2D eigenvalue weighted by atomic mass is 9.75. The number of cyclic esters (lactones) is 1. The molecule has 0 N–H and O–H groups in total. The molecule has 130 valence electrons. The second-order valence-electron chi connectivity index (χ2n) is 7.17. The first-order chi connectivity index (χ1) is 11.5. The zero-order valence-corrected chi connectivity index (χ0v) is 14.5. The number of carbonyl (C=O) groups excluding carboxylic acids is 1. The first kappa shape index (κ1) is 17.0. The van der Waals surface area contributed by atoms with E-state index < -0.39 is 5.41 Å². The van der Waals surface area contributed by atoms with Crippen LogP contribution >= 0.6 is 0 Å². The quantitative estimate of drug-likeness (QED) is 0.436. The van der Waals surface area contributed by atoms with Crippen molar-refractivity contribution in [2.45, 2.75) is 39.2 Å². The Balaban J connectivity index is 1.60. The van der Waals surface area contributed by atoms with E-state index in [2.05, 4.69) is 6.58 Å². The van der Waals surface area contributed by atoms with E-state index in [1.807, 2.05) is 38.1 Å². The molecule has 1 aliphatic heterocycles. The summed E-state index contributed by atoms with van der Waals surface area (Å²) in [6.45, 7) is 9.76. The highest BCUT2D eigenvalue weighted by molar-refractivity contribution is 5.81. The van der Waals surface area contributed by atoms with Crippen molar-refractivity contribution < 1.29 is 19.0 Å². The van der Waals surface area contributed by atoms with Crippen LogP contribution in [0.15, 0.2) is 36.4 Å². The zero-order chi connectivity index (χ0) is 17.2. The molecule has 1 saturated carbocycles. The van der Waals surface area contributed by atoms with Crippen LogP contribution in [0.5, 0.6) is 5.75 Å². The Morgan fingerprint density at radius 3 is 2.75 bits per heavy atom. The Bertz CT molecular complexity index is 605. The summed E-state index contributed by atoms with van der Waals surface area (Å²) in [7, 11) is 0. The van der Waals surface area contributed by atoms with E-state index in [1.54, 1.807) is 0 Å². The fourth-order valence-electron chi connectivity index (χ4n) is 3.77. The van der Waals surface area contributed by atoms with Crippen LogP contribution in [0.2, 0.25) is 0 Å². The topological polar surface area (TPSA) is 44.8 Å². The van der Waals surface area contributed by atoms with Gasteiger partial charge in [-0.25, -0.2) is 0 Å². The fourth-order valence-corrected chi connectivity index (χ4v) is 3.77. The Morgan fingerprint density at radius 1 is 1.29 bits per heavy atom. The molecule has 1 aromatic carbocycles. The SMILES string of the molecule is C=C1CC2COC(=O)C2(Cc2ccc(OCCOC(C)C)cc2)C1. The summed E-state index contributed by atoms with van der Waals surface area (Å²) in [5, 5.41) is 0. The molecule has 1 saturated heterocycles. The third kappa shape index (κ3) is 3.48. The lowest BCUT2D eigenvalue weighted by molar-refractivity contribution is -0.146. The van der Waals surface area contributed by atoms with Crippen LogP contribution in [0.3, 0.4) is 0 Å². The molecule has 2 aliphatic rings. The molecule has 4 nitrogen and oxygen atoms in total. The van der Waals surface area contributed by atoms with Crippen molar-refractivity contribution in [3.63, 3.8) is 0 Å². The summed E-state index contributed by atoms with van der Waals surface area (Å²) in [4.78, 5) is 12.3. The van der Waals surface area contributed by atoms with Crippen LogP contribution in [0.1, 0.15) is 32.3 Å². The number of ether oxygens (including phenoxy) is 3. The predicted octanol–water partition coefficient (Wildman–Crippen LogP) is 3.54. The highest BCUT2D eigenvalue weighted by Gasteiger charge is 2.55. The number of hydrogen-bond acceptors (Lipinski definition) is 4. The molecule has 0 bridgehead atoms. The monoisotopic (exact) mass is 330 g/mol. The largest absolute Gasteiger partial charge is 0.491 e. The highest BCUT2D eigenvalue weighted by atomic mass is 16.5. The average molecular weight is 330 g/mol. The maximum Gasteiger partial charge on any atom is 0.313 e. The van der Waals surface area contributed by atoms with Crippen molar-refractivity contribution in [1.82, 2.24) is 0 Å². The minimum atomic E-state index is -0.398. The number of carbonyl (C=O) groups is 1. The van der Waals surface area contributed by atoms with Crippen LogP contribution in [-0.4, -0.2) is 31.9 Å². The predicted molar refractivity (Wildman–Crippen MR) is 92.0 cm³/mol. The molecule has 0 amide bonds. The maximum atomic E-state index is 12.3. The Kier molecular flexibility index (Phi) is 4.95. The van der Waals surface area contributed by atoms with Gasteiger partial charge < -0.3 is 14.2 Å². The van der Waals surface area contributed by atoms with Crippen LogP contribution < -0.4 is 4.74 Å². The molecule has 1 heterocycles. The number of fused-ring (bicyclic) bond motifs is 1. The lowest BCUT2D eigenvalue weighted by Gasteiger charge is -2.24. The maximum absolute atomic E-state index is 12.3. The Morgan fingerprint density at radius 2 is 2.04 bits per heavy atom. The third-order valence-corrected chi connectivity index (χ3v) is 4.95. The highest BCUT2D eigenvalue weighted by Crippen LogP contribution is 2.52. The fraction of sp³-hybridized carbons (Fsp3) is 0.550. The van der Waals surface area contributed by atoms with Gasteiger partial charge in [-0.05, 0) is 50.8 Å². The van der Waals surface area contributed by atoms with Gasteiger partial charge in [-0.15, -0.1) is 0 Å². The minimum absolute atomic E-state index is 0.0580. The lowest BCUT2D eigenvalue weighted by Crippen LogP contribution is -2.31. The molecule has 3 rings (SSSR count). The van der Waals surface area contributed by atoms with Gasteiger partial charge in [0.15, 0.2) is 0 Å². The van der Waals surface area contributed by atoms with E-state index in [1.165, 1.54) is 5.57 Å². The van der Waals surface area contributed by atoms with Crippen molar-refractivity contribution in [2.24, 2.45) is 11.3 Å². The molecule has 1 aromatic rings. The summed E-state index contributed by atoms with van der Waals surface area (Å²) in [5.74, 6) is 1.05. The van der Waals surface area contributed by atoms with Crippen molar-refractivity contribution in [3.8, 4) is 5.75 Å². The summed E-state index contributed by atoms with van der Waals surface area (Å²) < 4.78 is 16.5. The molecule has 0 aromatic heterocycles. The van der Waals surface area contributed by atoms with Crippen molar-refractivity contribution in [3.05, 3.63) is 42.0 Å².